The number of hydrogen-bond donors (Lipinski definition) is 0. The van der Waals surface area contributed by atoms with Crippen molar-refractivity contribution < 1.29 is 17.9 Å². The van der Waals surface area contributed by atoms with Crippen LogP contribution in [0, 0.1) is 6.92 Å². The minimum Gasteiger partial charge on any atom is -0.496 e. The van der Waals surface area contributed by atoms with Gasteiger partial charge in [-0.05, 0) is 42.8 Å². The second-order valence-corrected chi connectivity index (χ2v) is 9.23. The van der Waals surface area contributed by atoms with Crippen molar-refractivity contribution >= 4 is 21.6 Å². The molecule has 162 valence electrons. The molecule has 31 heavy (non-hydrogen) atoms. The second kappa shape index (κ2) is 9.22. The van der Waals surface area contributed by atoms with Crippen LogP contribution in [0.25, 0.3) is 0 Å². The van der Waals surface area contributed by atoms with Gasteiger partial charge in [-0.2, -0.15) is 0 Å². The van der Waals surface area contributed by atoms with E-state index >= 15 is 0 Å². The minimum absolute atomic E-state index is 0.196. The number of amides is 1. The van der Waals surface area contributed by atoms with Gasteiger partial charge in [0, 0.05) is 31.8 Å². The van der Waals surface area contributed by atoms with E-state index in [0.29, 0.717) is 23.5 Å². The topological polar surface area (TPSA) is 66.9 Å². The van der Waals surface area contributed by atoms with Crippen LogP contribution in [0.1, 0.15) is 21.5 Å². The van der Waals surface area contributed by atoms with E-state index < -0.39 is 10.0 Å². The van der Waals surface area contributed by atoms with Crippen LogP contribution >= 0.6 is 0 Å². The number of ether oxygens (including phenoxy) is 1. The van der Waals surface area contributed by atoms with Crippen molar-refractivity contribution in [3.63, 3.8) is 0 Å². The lowest BCUT2D eigenvalue weighted by Crippen LogP contribution is -2.29. The Labute approximate surface area is 183 Å². The molecule has 3 aromatic carbocycles. The molecule has 0 aliphatic heterocycles. The molecule has 3 aromatic rings. The van der Waals surface area contributed by atoms with Crippen molar-refractivity contribution in [3.05, 3.63) is 89.5 Å². The van der Waals surface area contributed by atoms with Gasteiger partial charge in [-0.25, -0.2) is 8.42 Å². The predicted octanol–water partition coefficient (Wildman–Crippen LogP) is 4.10. The molecular weight excluding hydrogens is 412 g/mol. The quantitative estimate of drug-likeness (QED) is 0.557. The molecule has 1 amide bonds. The van der Waals surface area contributed by atoms with E-state index in [2.05, 4.69) is 0 Å². The van der Waals surface area contributed by atoms with E-state index in [0.717, 1.165) is 11.1 Å². The van der Waals surface area contributed by atoms with Crippen LogP contribution in [0.3, 0.4) is 0 Å². The Morgan fingerprint density at radius 2 is 1.58 bits per heavy atom. The maximum absolute atomic E-state index is 13.1. The molecule has 0 aromatic heterocycles. The van der Waals surface area contributed by atoms with Crippen LogP contribution in [0.2, 0.25) is 0 Å². The third-order valence-corrected chi connectivity index (χ3v) is 6.93. The molecule has 0 N–H and O–H groups in total. The van der Waals surface area contributed by atoms with Gasteiger partial charge in [-0.15, -0.1) is 0 Å². The third-order valence-electron chi connectivity index (χ3n) is 5.14. The molecule has 0 aliphatic rings. The summed E-state index contributed by atoms with van der Waals surface area (Å²) in [6.45, 7) is 2.18. The number of hydrogen-bond acceptors (Lipinski definition) is 4. The minimum atomic E-state index is -3.74. The van der Waals surface area contributed by atoms with Crippen LogP contribution in [-0.2, 0) is 16.6 Å². The van der Waals surface area contributed by atoms with Crippen LogP contribution < -0.4 is 9.04 Å². The molecular formula is C24H26N2O4S. The lowest BCUT2D eigenvalue weighted by Gasteiger charge is -2.23. The number of rotatable bonds is 7. The highest BCUT2D eigenvalue weighted by Crippen LogP contribution is 2.27. The Morgan fingerprint density at radius 1 is 0.935 bits per heavy atom. The maximum Gasteiger partial charge on any atom is 0.264 e. The van der Waals surface area contributed by atoms with Crippen molar-refractivity contribution in [2.45, 2.75) is 18.4 Å². The zero-order valence-electron chi connectivity index (χ0n) is 18.1. The largest absolute Gasteiger partial charge is 0.496 e. The first-order chi connectivity index (χ1) is 14.8. The molecule has 0 unspecified atom stereocenters. The van der Waals surface area contributed by atoms with Gasteiger partial charge in [0.25, 0.3) is 15.9 Å². The number of methoxy groups -OCH3 is 1. The van der Waals surface area contributed by atoms with Gasteiger partial charge in [0.2, 0.25) is 0 Å². The van der Waals surface area contributed by atoms with E-state index in [1.165, 1.54) is 11.4 Å². The molecule has 0 atom stereocenters. The van der Waals surface area contributed by atoms with Crippen molar-refractivity contribution in [1.82, 2.24) is 4.90 Å². The van der Waals surface area contributed by atoms with Crippen LogP contribution in [0.5, 0.6) is 5.75 Å². The van der Waals surface area contributed by atoms with Crippen LogP contribution in [0.4, 0.5) is 5.69 Å². The smallest absolute Gasteiger partial charge is 0.264 e. The summed E-state index contributed by atoms with van der Waals surface area (Å²) in [6, 6.07) is 20.8. The Bertz CT molecular complexity index is 1180. The standard InChI is InChI=1S/C24H26N2O4S/c1-18-14-15-19(24(27)25(2)17-20-10-8-9-13-23(20)30-4)16-22(18)26(3)31(28,29)21-11-6-5-7-12-21/h5-16H,17H2,1-4H3. The average molecular weight is 439 g/mol. The molecule has 0 spiro atoms. The maximum atomic E-state index is 13.1. The molecule has 0 aliphatic carbocycles. The SMILES string of the molecule is COc1ccccc1CN(C)C(=O)c1ccc(C)c(N(C)S(=O)(=O)c2ccccc2)c1. The van der Waals surface area contributed by atoms with Gasteiger partial charge < -0.3 is 9.64 Å². The average Bonchev–Trinajstić information content (AvgIpc) is 2.79. The highest BCUT2D eigenvalue weighted by molar-refractivity contribution is 7.92. The van der Waals surface area contributed by atoms with E-state index in [-0.39, 0.29) is 10.8 Å². The lowest BCUT2D eigenvalue weighted by atomic mass is 10.1. The van der Waals surface area contributed by atoms with Gasteiger partial charge in [0.15, 0.2) is 0 Å². The Kier molecular flexibility index (Phi) is 6.65. The van der Waals surface area contributed by atoms with E-state index in [4.69, 9.17) is 4.74 Å². The summed E-state index contributed by atoms with van der Waals surface area (Å²) < 4.78 is 32.6. The summed E-state index contributed by atoms with van der Waals surface area (Å²) in [5.74, 6) is 0.498. The Morgan fingerprint density at radius 3 is 2.26 bits per heavy atom. The number of para-hydroxylation sites is 1. The first kappa shape index (κ1) is 22.4. The summed E-state index contributed by atoms with van der Waals surface area (Å²) in [7, 11) is 1.05. The molecule has 6 nitrogen and oxygen atoms in total. The molecule has 0 heterocycles. The highest BCUT2D eigenvalue weighted by Gasteiger charge is 2.24. The number of carbonyl (C=O) groups is 1. The fourth-order valence-corrected chi connectivity index (χ4v) is 4.62. The van der Waals surface area contributed by atoms with Gasteiger partial charge in [-0.1, -0.05) is 42.5 Å². The number of sulfonamides is 1. The fraction of sp³-hybridized carbons (Fsp3) is 0.208. The molecule has 0 radical (unpaired) electrons. The monoisotopic (exact) mass is 438 g/mol. The Hall–Kier alpha value is -3.32. The lowest BCUT2D eigenvalue weighted by molar-refractivity contribution is 0.0784. The molecule has 0 bridgehead atoms. The summed E-state index contributed by atoms with van der Waals surface area (Å²) >= 11 is 0. The van der Waals surface area contributed by atoms with Gasteiger partial charge in [0.1, 0.15) is 5.75 Å². The number of carbonyl (C=O) groups excluding carboxylic acids is 1. The summed E-state index contributed by atoms with van der Waals surface area (Å²) in [4.78, 5) is 14.8. The first-order valence-electron chi connectivity index (χ1n) is 9.77. The highest BCUT2D eigenvalue weighted by atomic mass is 32.2. The Balaban J connectivity index is 1.89. The van der Waals surface area contributed by atoms with Crippen LogP contribution in [-0.4, -0.2) is 40.4 Å². The summed E-state index contributed by atoms with van der Waals surface area (Å²) in [5.41, 5.74) is 2.51. The van der Waals surface area contributed by atoms with Crippen molar-refractivity contribution in [3.8, 4) is 5.75 Å². The van der Waals surface area contributed by atoms with Crippen molar-refractivity contribution in [1.29, 1.82) is 0 Å². The molecule has 0 fully saturated rings. The predicted molar refractivity (Wildman–Crippen MR) is 122 cm³/mol. The summed E-state index contributed by atoms with van der Waals surface area (Å²) in [5, 5.41) is 0. The number of aryl methyl sites for hydroxylation is 1. The van der Waals surface area contributed by atoms with E-state index in [1.807, 2.05) is 31.2 Å². The van der Waals surface area contributed by atoms with Gasteiger partial charge >= 0.3 is 0 Å². The van der Waals surface area contributed by atoms with Crippen molar-refractivity contribution in [2.75, 3.05) is 25.5 Å². The number of anilines is 1. The third kappa shape index (κ3) is 4.72. The van der Waals surface area contributed by atoms with Gasteiger partial charge in [0.05, 0.1) is 17.7 Å². The fourth-order valence-electron chi connectivity index (χ4n) is 3.34. The molecule has 0 saturated carbocycles. The van der Waals surface area contributed by atoms with Gasteiger partial charge in [-0.3, -0.25) is 9.10 Å². The van der Waals surface area contributed by atoms with Crippen molar-refractivity contribution in [2.24, 2.45) is 0 Å². The molecule has 3 rings (SSSR count). The van der Waals surface area contributed by atoms with Crippen LogP contribution in [0.15, 0.2) is 77.7 Å². The molecule has 0 saturated heterocycles. The second-order valence-electron chi connectivity index (χ2n) is 7.26. The van der Waals surface area contributed by atoms with E-state index in [9.17, 15) is 13.2 Å². The first-order valence-corrected chi connectivity index (χ1v) is 11.2. The zero-order valence-corrected chi connectivity index (χ0v) is 18.9. The zero-order chi connectivity index (χ0) is 22.6. The molecule has 7 heteroatoms. The number of nitrogens with zero attached hydrogens (tertiary/aromatic N) is 2. The van der Waals surface area contributed by atoms with E-state index in [1.54, 1.807) is 67.6 Å². The normalized spacial score (nSPS) is 11.1. The summed E-state index contributed by atoms with van der Waals surface area (Å²) in [6.07, 6.45) is 0. The number of benzene rings is 3.